The van der Waals surface area contributed by atoms with Gasteiger partial charge in [-0.25, -0.2) is 8.42 Å². The average Bonchev–Trinajstić information content (AvgIpc) is 2.76. The van der Waals surface area contributed by atoms with E-state index in [0.717, 1.165) is 30.4 Å². The van der Waals surface area contributed by atoms with Gasteiger partial charge in [-0.15, -0.1) is 0 Å². The number of hydrogen-bond acceptors (Lipinski definition) is 4. The third-order valence-electron chi connectivity index (χ3n) is 5.34. The molecule has 1 heterocycles. The van der Waals surface area contributed by atoms with Crippen LogP contribution in [0, 0.1) is 6.92 Å². The number of carbonyl (C=O) groups excluding carboxylic acids is 1. The van der Waals surface area contributed by atoms with E-state index in [2.05, 4.69) is 5.32 Å². The fourth-order valence-electron chi connectivity index (χ4n) is 3.59. The summed E-state index contributed by atoms with van der Waals surface area (Å²) in [6.07, 6.45) is 2.59. The fraction of sp³-hybridized carbons (Fsp3) is 0.409. The van der Waals surface area contributed by atoms with Crippen LogP contribution in [0.2, 0.25) is 0 Å². The molecular formula is C22H28N2O4S. The maximum atomic E-state index is 12.7. The molecule has 1 unspecified atom stereocenters. The summed E-state index contributed by atoms with van der Waals surface area (Å²) in [6, 6.07) is 14.0. The highest BCUT2D eigenvalue weighted by atomic mass is 32.2. The molecule has 1 N–H and O–H groups in total. The second-order valence-corrected chi connectivity index (χ2v) is 9.22. The molecule has 2 aromatic rings. The molecule has 0 aliphatic carbocycles. The van der Waals surface area contributed by atoms with E-state index in [-0.39, 0.29) is 16.9 Å². The van der Waals surface area contributed by atoms with Crippen LogP contribution >= 0.6 is 0 Å². The topological polar surface area (TPSA) is 75.7 Å². The number of methoxy groups -OCH3 is 1. The molecule has 1 fully saturated rings. The number of amides is 1. The second kappa shape index (κ2) is 9.52. The predicted molar refractivity (Wildman–Crippen MR) is 112 cm³/mol. The summed E-state index contributed by atoms with van der Waals surface area (Å²) in [5, 5.41) is 2.87. The van der Waals surface area contributed by atoms with E-state index in [0.29, 0.717) is 25.2 Å². The van der Waals surface area contributed by atoms with Crippen molar-refractivity contribution in [2.75, 3.05) is 26.7 Å². The number of hydrogen-bond donors (Lipinski definition) is 1. The molecule has 1 amide bonds. The highest BCUT2D eigenvalue weighted by Gasteiger charge is 2.26. The third kappa shape index (κ3) is 5.04. The quantitative estimate of drug-likeness (QED) is 0.752. The van der Waals surface area contributed by atoms with Crippen molar-refractivity contribution in [3.63, 3.8) is 0 Å². The lowest BCUT2D eigenvalue weighted by molar-refractivity contribution is 0.0826. The zero-order valence-electron chi connectivity index (χ0n) is 16.9. The first-order valence-electron chi connectivity index (χ1n) is 9.90. The Morgan fingerprint density at radius 1 is 1.07 bits per heavy atom. The molecule has 0 spiro atoms. The second-order valence-electron chi connectivity index (χ2n) is 7.28. The predicted octanol–water partition coefficient (Wildman–Crippen LogP) is 3.29. The van der Waals surface area contributed by atoms with Crippen LogP contribution in [0.25, 0.3) is 0 Å². The van der Waals surface area contributed by atoms with Crippen LogP contribution in [-0.2, 0) is 14.8 Å². The zero-order chi connectivity index (χ0) is 20.9. The van der Waals surface area contributed by atoms with Crippen LogP contribution in [-0.4, -0.2) is 45.4 Å². The molecule has 0 saturated carbocycles. The Kier molecular flexibility index (Phi) is 7.05. The number of carbonyl (C=O) groups is 1. The van der Waals surface area contributed by atoms with Gasteiger partial charge in [0.25, 0.3) is 5.91 Å². The molecule has 7 heteroatoms. The van der Waals surface area contributed by atoms with Crippen LogP contribution < -0.4 is 5.32 Å². The Bertz CT molecular complexity index is 936. The number of benzene rings is 2. The summed E-state index contributed by atoms with van der Waals surface area (Å²) in [4.78, 5) is 12.7. The van der Waals surface area contributed by atoms with Crippen LogP contribution in [0.4, 0.5) is 0 Å². The van der Waals surface area contributed by atoms with Gasteiger partial charge in [-0.1, -0.05) is 30.7 Å². The molecule has 156 valence electrons. The summed E-state index contributed by atoms with van der Waals surface area (Å²) < 4.78 is 32.5. The van der Waals surface area contributed by atoms with Crippen LogP contribution in [0.15, 0.2) is 53.4 Å². The van der Waals surface area contributed by atoms with Crippen molar-refractivity contribution in [2.45, 2.75) is 37.2 Å². The van der Waals surface area contributed by atoms with Crippen molar-refractivity contribution >= 4 is 15.9 Å². The summed E-state index contributed by atoms with van der Waals surface area (Å²) in [5.74, 6) is -0.262. The lowest BCUT2D eigenvalue weighted by Crippen LogP contribution is -2.35. The molecule has 6 nitrogen and oxygen atoms in total. The maximum absolute atomic E-state index is 12.7. The van der Waals surface area contributed by atoms with Crippen LogP contribution in [0.1, 0.15) is 46.9 Å². The summed E-state index contributed by atoms with van der Waals surface area (Å²) in [7, 11) is -1.88. The zero-order valence-corrected chi connectivity index (χ0v) is 17.7. The monoisotopic (exact) mass is 416 g/mol. The van der Waals surface area contributed by atoms with Gasteiger partial charge in [0.05, 0.1) is 11.0 Å². The van der Waals surface area contributed by atoms with Crippen molar-refractivity contribution in [1.29, 1.82) is 0 Å². The first-order chi connectivity index (χ1) is 13.9. The Morgan fingerprint density at radius 3 is 2.34 bits per heavy atom. The summed E-state index contributed by atoms with van der Waals surface area (Å²) >= 11 is 0. The first-order valence-corrected chi connectivity index (χ1v) is 11.3. The van der Waals surface area contributed by atoms with E-state index in [1.165, 1.54) is 16.4 Å². The number of piperidine rings is 1. The van der Waals surface area contributed by atoms with E-state index in [4.69, 9.17) is 4.74 Å². The van der Waals surface area contributed by atoms with Crippen molar-refractivity contribution in [2.24, 2.45) is 0 Å². The SMILES string of the molecule is COC(CNC(=O)c1ccc(S(=O)(=O)N2CCCCC2)cc1)c1ccccc1C. The normalized spacial score (nSPS) is 16.3. The molecule has 0 radical (unpaired) electrons. The number of ether oxygens (including phenoxy) is 1. The standard InChI is InChI=1S/C22H28N2O4S/c1-17-8-4-5-9-20(17)21(28-2)16-23-22(25)18-10-12-19(13-11-18)29(26,27)24-14-6-3-7-15-24/h4-5,8-13,21H,3,6-7,14-16H2,1-2H3,(H,23,25). The Morgan fingerprint density at radius 2 is 1.72 bits per heavy atom. The molecule has 29 heavy (non-hydrogen) atoms. The minimum atomic E-state index is -3.49. The number of nitrogens with one attached hydrogen (secondary N) is 1. The van der Waals surface area contributed by atoms with Gasteiger partial charge in [0.2, 0.25) is 10.0 Å². The van der Waals surface area contributed by atoms with E-state index >= 15 is 0 Å². The number of sulfonamides is 1. The third-order valence-corrected chi connectivity index (χ3v) is 7.25. The number of nitrogens with zero attached hydrogens (tertiary/aromatic N) is 1. The highest BCUT2D eigenvalue weighted by Crippen LogP contribution is 2.22. The number of aryl methyl sites for hydroxylation is 1. The van der Waals surface area contributed by atoms with Crippen LogP contribution in [0.5, 0.6) is 0 Å². The van der Waals surface area contributed by atoms with Gasteiger partial charge in [0.15, 0.2) is 0 Å². The number of rotatable bonds is 7. The van der Waals surface area contributed by atoms with E-state index < -0.39 is 10.0 Å². The smallest absolute Gasteiger partial charge is 0.251 e. The van der Waals surface area contributed by atoms with E-state index in [1.54, 1.807) is 19.2 Å². The first kappa shape index (κ1) is 21.5. The van der Waals surface area contributed by atoms with Gasteiger partial charge < -0.3 is 10.1 Å². The van der Waals surface area contributed by atoms with E-state index in [1.807, 2.05) is 31.2 Å². The Hall–Kier alpha value is -2.22. The molecule has 1 aliphatic rings. The molecule has 1 aliphatic heterocycles. The lowest BCUT2D eigenvalue weighted by atomic mass is 10.0. The highest BCUT2D eigenvalue weighted by molar-refractivity contribution is 7.89. The van der Waals surface area contributed by atoms with Gasteiger partial charge >= 0.3 is 0 Å². The van der Waals surface area contributed by atoms with Crippen molar-refractivity contribution in [3.05, 3.63) is 65.2 Å². The van der Waals surface area contributed by atoms with Crippen LogP contribution in [0.3, 0.4) is 0 Å². The Labute approximate surface area is 172 Å². The summed E-state index contributed by atoms with van der Waals surface area (Å²) in [5.41, 5.74) is 2.54. The molecule has 3 rings (SSSR count). The maximum Gasteiger partial charge on any atom is 0.251 e. The van der Waals surface area contributed by atoms with Crippen molar-refractivity contribution in [1.82, 2.24) is 9.62 Å². The summed E-state index contributed by atoms with van der Waals surface area (Å²) in [6.45, 7) is 3.45. The van der Waals surface area contributed by atoms with Gasteiger partial charge in [-0.05, 0) is 55.2 Å². The van der Waals surface area contributed by atoms with Gasteiger partial charge in [0.1, 0.15) is 0 Å². The van der Waals surface area contributed by atoms with Gasteiger partial charge in [-0.3, -0.25) is 4.79 Å². The average molecular weight is 417 g/mol. The van der Waals surface area contributed by atoms with Gasteiger partial charge in [-0.2, -0.15) is 4.31 Å². The molecule has 0 aromatic heterocycles. The Balaban J connectivity index is 1.65. The lowest BCUT2D eigenvalue weighted by Gasteiger charge is -2.25. The van der Waals surface area contributed by atoms with Crippen molar-refractivity contribution < 1.29 is 17.9 Å². The minimum absolute atomic E-state index is 0.227. The fourth-order valence-corrected chi connectivity index (χ4v) is 5.11. The van der Waals surface area contributed by atoms with Crippen molar-refractivity contribution in [3.8, 4) is 0 Å². The molecule has 1 saturated heterocycles. The largest absolute Gasteiger partial charge is 0.375 e. The van der Waals surface area contributed by atoms with Gasteiger partial charge in [0, 0.05) is 32.3 Å². The minimum Gasteiger partial charge on any atom is -0.375 e. The molecule has 1 atom stereocenters. The molecule has 0 bridgehead atoms. The molecule has 2 aromatic carbocycles. The molecular weight excluding hydrogens is 388 g/mol. The van der Waals surface area contributed by atoms with E-state index in [9.17, 15) is 13.2 Å².